The summed E-state index contributed by atoms with van der Waals surface area (Å²) in [6.07, 6.45) is 5.07. The van der Waals surface area contributed by atoms with Gasteiger partial charge in [-0.3, -0.25) is 9.69 Å². The largest absolute Gasteiger partial charge is 0.508 e. The van der Waals surface area contributed by atoms with Crippen molar-refractivity contribution in [3.63, 3.8) is 0 Å². The van der Waals surface area contributed by atoms with Crippen LogP contribution in [0.4, 0.5) is 0 Å². The molecular formula is C17H23NO3. The van der Waals surface area contributed by atoms with Gasteiger partial charge in [0.15, 0.2) is 5.78 Å². The molecule has 0 spiro atoms. The van der Waals surface area contributed by atoms with Gasteiger partial charge in [-0.15, -0.1) is 0 Å². The third kappa shape index (κ3) is 3.11. The monoisotopic (exact) mass is 289 g/mol. The Balaban J connectivity index is 1.61. The number of rotatable bonds is 3. The summed E-state index contributed by atoms with van der Waals surface area (Å²) in [7, 11) is 0. The van der Waals surface area contributed by atoms with Crippen LogP contribution in [0.15, 0.2) is 24.3 Å². The average molecular weight is 289 g/mol. The molecule has 21 heavy (non-hydrogen) atoms. The maximum Gasteiger partial charge on any atom is 0.176 e. The Labute approximate surface area is 125 Å². The second-order valence-corrected chi connectivity index (χ2v) is 6.50. The van der Waals surface area contributed by atoms with E-state index in [1.807, 2.05) is 0 Å². The molecule has 2 aliphatic rings. The van der Waals surface area contributed by atoms with Crippen molar-refractivity contribution in [2.75, 3.05) is 19.6 Å². The number of aliphatic hydroxyl groups is 1. The number of ketones is 1. The number of carbonyl (C=O) groups excluding carboxylic acids is 1. The van der Waals surface area contributed by atoms with Crippen LogP contribution in [0.2, 0.25) is 0 Å². The maximum atomic E-state index is 12.3. The minimum atomic E-state index is -0.490. The Morgan fingerprint density at radius 3 is 2.76 bits per heavy atom. The maximum absolute atomic E-state index is 12.3. The van der Waals surface area contributed by atoms with Crippen LogP contribution in [-0.4, -0.2) is 46.1 Å². The molecule has 0 radical (unpaired) electrons. The molecule has 1 aromatic carbocycles. The molecule has 1 saturated heterocycles. The second kappa shape index (κ2) is 5.78. The number of benzene rings is 1. The van der Waals surface area contributed by atoms with E-state index < -0.39 is 5.60 Å². The Bertz CT molecular complexity index is 513. The van der Waals surface area contributed by atoms with Crippen LogP contribution < -0.4 is 0 Å². The molecule has 1 aromatic rings. The summed E-state index contributed by atoms with van der Waals surface area (Å²) in [5, 5.41) is 19.9. The predicted molar refractivity (Wildman–Crippen MR) is 80.4 cm³/mol. The summed E-state index contributed by atoms with van der Waals surface area (Å²) in [5.41, 5.74) is 0.147. The van der Waals surface area contributed by atoms with Gasteiger partial charge >= 0.3 is 0 Å². The van der Waals surface area contributed by atoms with Crippen molar-refractivity contribution in [3.8, 4) is 5.75 Å². The Morgan fingerprint density at radius 2 is 2.00 bits per heavy atom. The molecule has 4 nitrogen and oxygen atoms in total. The van der Waals surface area contributed by atoms with Gasteiger partial charge < -0.3 is 10.2 Å². The highest BCUT2D eigenvalue weighted by molar-refractivity contribution is 5.97. The molecule has 1 aliphatic heterocycles. The minimum Gasteiger partial charge on any atom is -0.508 e. The number of phenolic OH excluding ortho intramolecular Hbond substituents is 1. The number of likely N-dealkylation sites (tertiary alicyclic amines) is 1. The van der Waals surface area contributed by atoms with E-state index in [-0.39, 0.29) is 11.5 Å². The molecule has 2 N–H and O–H groups in total. The van der Waals surface area contributed by atoms with Crippen molar-refractivity contribution < 1.29 is 15.0 Å². The molecule has 0 amide bonds. The van der Waals surface area contributed by atoms with Crippen molar-refractivity contribution in [1.29, 1.82) is 0 Å². The highest BCUT2D eigenvalue weighted by Crippen LogP contribution is 2.39. The third-order valence-electron chi connectivity index (χ3n) is 5.07. The van der Waals surface area contributed by atoms with Crippen LogP contribution in [0.1, 0.15) is 42.5 Å². The summed E-state index contributed by atoms with van der Waals surface area (Å²) in [6, 6.07) is 6.42. The van der Waals surface area contributed by atoms with Crippen molar-refractivity contribution in [3.05, 3.63) is 29.8 Å². The summed E-state index contributed by atoms with van der Waals surface area (Å²) < 4.78 is 0. The summed E-state index contributed by atoms with van der Waals surface area (Å²) in [4.78, 5) is 14.4. The number of hydrogen-bond acceptors (Lipinski definition) is 4. The lowest BCUT2D eigenvalue weighted by atomic mass is 9.71. The van der Waals surface area contributed by atoms with Crippen molar-refractivity contribution in [2.24, 2.45) is 5.92 Å². The van der Waals surface area contributed by atoms with Gasteiger partial charge in [-0.2, -0.15) is 0 Å². The number of aromatic hydroxyl groups is 1. The zero-order valence-electron chi connectivity index (χ0n) is 12.3. The van der Waals surface area contributed by atoms with Crippen LogP contribution in [0.25, 0.3) is 0 Å². The summed E-state index contributed by atoms with van der Waals surface area (Å²) in [5.74, 6) is 0.570. The van der Waals surface area contributed by atoms with Crippen molar-refractivity contribution >= 4 is 5.78 Å². The predicted octanol–water partition coefficient (Wildman–Crippen LogP) is 2.20. The van der Waals surface area contributed by atoms with E-state index in [2.05, 4.69) is 4.90 Å². The highest BCUT2D eigenvalue weighted by Gasteiger charge is 2.42. The fourth-order valence-corrected chi connectivity index (χ4v) is 3.72. The highest BCUT2D eigenvalue weighted by atomic mass is 16.3. The first kappa shape index (κ1) is 14.5. The van der Waals surface area contributed by atoms with Crippen molar-refractivity contribution in [1.82, 2.24) is 4.90 Å². The van der Waals surface area contributed by atoms with E-state index in [0.717, 1.165) is 38.8 Å². The zero-order valence-corrected chi connectivity index (χ0v) is 12.3. The molecule has 4 heteroatoms. The molecule has 0 bridgehead atoms. The molecule has 1 aliphatic carbocycles. The molecule has 0 aromatic heterocycles. The number of piperidine rings is 1. The average Bonchev–Trinajstić information content (AvgIpc) is 2.48. The Morgan fingerprint density at radius 1 is 1.24 bits per heavy atom. The first-order chi connectivity index (χ1) is 10.1. The third-order valence-corrected chi connectivity index (χ3v) is 5.07. The lowest BCUT2D eigenvalue weighted by Crippen LogP contribution is -2.54. The number of phenols is 1. The fourth-order valence-electron chi connectivity index (χ4n) is 3.72. The first-order valence-electron chi connectivity index (χ1n) is 7.84. The summed E-state index contributed by atoms with van der Waals surface area (Å²) in [6.45, 7) is 2.01. The van der Waals surface area contributed by atoms with Gasteiger partial charge in [-0.05, 0) is 43.5 Å². The van der Waals surface area contributed by atoms with E-state index >= 15 is 0 Å². The second-order valence-electron chi connectivity index (χ2n) is 6.50. The van der Waals surface area contributed by atoms with Crippen molar-refractivity contribution in [2.45, 2.75) is 37.7 Å². The fraction of sp³-hybridized carbons (Fsp3) is 0.588. The lowest BCUT2D eigenvalue weighted by molar-refractivity contribution is -0.0936. The number of nitrogens with zero attached hydrogens (tertiary/aromatic N) is 1. The zero-order chi connectivity index (χ0) is 14.9. The van der Waals surface area contributed by atoms with Gasteiger partial charge in [-0.1, -0.05) is 12.8 Å². The molecule has 2 fully saturated rings. The van der Waals surface area contributed by atoms with E-state index in [1.54, 1.807) is 24.3 Å². The van der Waals surface area contributed by atoms with Gasteiger partial charge in [-0.25, -0.2) is 0 Å². The summed E-state index contributed by atoms with van der Waals surface area (Å²) >= 11 is 0. The van der Waals surface area contributed by atoms with Gasteiger partial charge in [0.1, 0.15) is 5.75 Å². The van der Waals surface area contributed by atoms with Crippen LogP contribution in [0.5, 0.6) is 5.75 Å². The van der Waals surface area contributed by atoms with E-state index in [0.29, 0.717) is 18.0 Å². The molecular weight excluding hydrogens is 266 g/mol. The molecule has 2 atom stereocenters. The van der Waals surface area contributed by atoms with Gasteiger partial charge in [0, 0.05) is 24.6 Å². The van der Waals surface area contributed by atoms with Crippen LogP contribution >= 0.6 is 0 Å². The SMILES string of the molecule is O=C(CN1CCC2(O)CCCCC2C1)c1ccc(O)cc1. The van der Waals surface area contributed by atoms with Crippen LogP contribution in [0, 0.1) is 5.92 Å². The number of hydrogen-bond donors (Lipinski definition) is 2. The number of fused-ring (bicyclic) bond motifs is 1. The normalized spacial score (nSPS) is 29.9. The smallest absolute Gasteiger partial charge is 0.176 e. The minimum absolute atomic E-state index is 0.0799. The number of carbonyl (C=O) groups is 1. The van der Waals surface area contributed by atoms with Gasteiger partial charge in [0.2, 0.25) is 0 Å². The van der Waals surface area contributed by atoms with E-state index in [9.17, 15) is 15.0 Å². The quantitative estimate of drug-likeness (QED) is 0.838. The molecule has 3 rings (SSSR count). The first-order valence-corrected chi connectivity index (χ1v) is 7.84. The lowest BCUT2D eigenvalue weighted by Gasteiger charge is -2.47. The van der Waals surface area contributed by atoms with Gasteiger partial charge in [0.25, 0.3) is 0 Å². The number of Topliss-reactive ketones (excluding diaryl/α,β-unsaturated/α-hetero) is 1. The van der Waals surface area contributed by atoms with E-state index in [4.69, 9.17) is 0 Å². The Hall–Kier alpha value is -1.39. The molecule has 2 unspecified atom stereocenters. The van der Waals surface area contributed by atoms with Crippen LogP contribution in [-0.2, 0) is 0 Å². The molecule has 114 valence electrons. The standard InChI is InChI=1S/C17H23NO3/c19-15-6-4-13(5-7-15)16(20)12-18-10-9-17(21)8-2-1-3-14(17)11-18/h4-7,14,19,21H,1-3,8-12H2. The molecule has 1 saturated carbocycles. The molecule has 1 heterocycles. The van der Waals surface area contributed by atoms with E-state index in [1.165, 1.54) is 6.42 Å². The van der Waals surface area contributed by atoms with Gasteiger partial charge in [0.05, 0.1) is 12.1 Å². The Kier molecular flexibility index (Phi) is 4.00. The topological polar surface area (TPSA) is 60.8 Å². The van der Waals surface area contributed by atoms with Crippen LogP contribution in [0.3, 0.4) is 0 Å².